The van der Waals surface area contributed by atoms with Crippen molar-refractivity contribution in [3.63, 3.8) is 0 Å². The van der Waals surface area contributed by atoms with Crippen molar-refractivity contribution in [1.29, 1.82) is 0 Å². The Morgan fingerprint density at radius 2 is 2.38 bits per heavy atom. The van der Waals surface area contributed by atoms with Crippen LogP contribution < -0.4 is 11.1 Å². The molecule has 1 saturated heterocycles. The maximum absolute atomic E-state index is 5.94. The highest BCUT2D eigenvalue weighted by Crippen LogP contribution is 2.20. The topological polar surface area (TPSA) is 41.3 Å². The van der Waals surface area contributed by atoms with Crippen molar-refractivity contribution in [2.75, 3.05) is 26.7 Å². The van der Waals surface area contributed by atoms with Crippen LogP contribution in [0.15, 0.2) is 0 Å². The molecule has 2 atom stereocenters. The van der Waals surface area contributed by atoms with E-state index < -0.39 is 0 Å². The van der Waals surface area contributed by atoms with Gasteiger partial charge in [0.15, 0.2) is 0 Å². The van der Waals surface area contributed by atoms with Crippen molar-refractivity contribution >= 4 is 0 Å². The number of nitrogens with two attached hydrogens (primary N) is 1. The average molecular weight is 223 g/mol. The van der Waals surface area contributed by atoms with Gasteiger partial charge in [-0.3, -0.25) is 5.32 Å². The predicted octanol–water partition coefficient (Wildman–Crippen LogP) is 0.801. The monoisotopic (exact) mass is 223 g/mol. The number of terminal acetylenes is 1. The third-order valence-corrected chi connectivity index (χ3v) is 3.42. The molecule has 1 fully saturated rings. The second-order valence-electron chi connectivity index (χ2n) is 4.98. The van der Waals surface area contributed by atoms with Gasteiger partial charge in [-0.1, -0.05) is 19.3 Å². The second kappa shape index (κ2) is 6.24. The molecule has 1 heterocycles. The smallest absolute Gasteiger partial charge is 0.0691 e. The Kier molecular flexibility index (Phi) is 5.27. The van der Waals surface area contributed by atoms with E-state index in [1.54, 1.807) is 0 Å². The molecule has 3 N–H and O–H groups in total. The van der Waals surface area contributed by atoms with Crippen molar-refractivity contribution in [3.05, 3.63) is 0 Å². The molecule has 1 aliphatic heterocycles. The molecule has 92 valence electrons. The number of nitrogens with zero attached hydrogens (tertiary/aromatic N) is 1. The lowest BCUT2D eigenvalue weighted by atomic mass is 9.88. The number of hydrogen-bond donors (Lipinski definition) is 2. The molecule has 0 radical (unpaired) electrons. The first-order valence-corrected chi connectivity index (χ1v) is 6.28. The molecule has 0 amide bonds. The van der Waals surface area contributed by atoms with Crippen LogP contribution in [0, 0.1) is 12.3 Å². The van der Waals surface area contributed by atoms with Crippen LogP contribution in [0.25, 0.3) is 0 Å². The number of hydrogen-bond acceptors (Lipinski definition) is 3. The summed E-state index contributed by atoms with van der Waals surface area (Å²) in [5.41, 5.74) is 5.97. The summed E-state index contributed by atoms with van der Waals surface area (Å²) in [4.78, 5) is 2.34. The molecule has 0 aromatic heterocycles. The number of likely N-dealkylation sites (N-methyl/N-ethyl adjacent to an activating group) is 1. The molecule has 0 aliphatic carbocycles. The Morgan fingerprint density at radius 3 is 2.88 bits per heavy atom. The molecule has 3 nitrogen and oxygen atoms in total. The summed E-state index contributed by atoms with van der Waals surface area (Å²) in [5, 5.41) is 3.60. The lowest BCUT2D eigenvalue weighted by molar-refractivity contribution is 0.142. The van der Waals surface area contributed by atoms with Crippen LogP contribution in [0.5, 0.6) is 0 Å². The first-order chi connectivity index (χ1) is 7.65. The molecule has 1 rings (SSSR count). The van der Waals surface area contributed by atoms with Crippen molar-refractivity contribution in [1.82, 2.24) is 10.2 Å². The zero-order valence-corrected chi connectivity index (χ0v) is 10.6. The summed E-state index contributed by atoms with van der Waals surface area (Å²) < 4.78 is 0. The minimum absolute atomic E-state index is 0.0270. The lowest BCUT2D eigenvalue weighted by Crippen LogP contribution is -2.62. The van der Waals surface area contributed by atoms with E-state index in [1.165, 1.54) is 6.42 Å². The Bertz CT molecular complexity index is 246. The minimum atomic E-state index is 0.0270. The van der Waals surface area contributed by atoms with Gasteiger partial charge in [-0.05, 0) is 32.9 Å². The van der Waals surface area contributed by atoms with E-state index in [1.807, 2.05) is 0 Å². The van der Waals surface area contributed by atoms with E-state index in [0.29, 0.717) is 6.54 Å². The van der Waals surface area contributed by atoms with Crippen LogP contribution in [-0.4, -0.2) is 43.2 Å². The van der Waals surface area contributed by atoms with Gasteiger partial charge in [-0.15, -0.1) is 6.42 Å². The van der Waals surface area contributed by atoms with Crippen molar-refractivity contribution in [2.45, 2.75) is 44.2 Å². The number of rotatable bonds is 5. The maximum Gasteiger partial charge on any atom is 0.0691 e. The Morgan fingerprint density at radius 1 is 1.62 bits per heavy atom. The Hall–Kier alpha value is -0.560. The van der Waals surface area contributed by atoms with Crippen LogP contribution in [-0.2, 0) is 0 Å². The molecular formula is C13H25N3. The zero-order valence-electron chi connectivity index (χ0n) is 10.6. The Labute approximate surface area is 99.8 Å². The molecule has 0 saturated carbocycles. The van der Waals surface area contributed by atoms with E-state index in [2.05, 4.69) is 30.1 Å². The van der Waals surface area contributed by atoms with Gasteiger partial charge >= 0.3 is 0 Å². The molecule has 2 unspecified atom stereocenters. The van der Waals surface area contributed by atoms with Crippen molar-refractivity contribution < 1.29 is 0 Å². The predicted molar refractivity (Wildman–Crippen MR) is 69.2 cm³/mol. The second-order valence-corrected chi connectivity index (χ2v) is 4.98. The summed E-state index contributed by atoms with van der Waals surface area (Å²) in [5.74, 6) is 2.84. The Balaban J connectivity index is 2.61. The van der Waals surface area contributed by atoms with E-state index in [4.69, 9.17) is 12.2 Å². The van der Waals surface area contributed by atoms with E-state index in [9.17, 15) is 0 Å². The molecule has 1 aliphatic rings. The van der Waals surface area contributed by atoms with Crippen LogP contribution >= 0.6 is 0 Å². The summed E-state index contributed by atoms with van der Waals surface area (Å²) in [7, 11) is 2.15. The largest absolute Gasteiger partial charge is 0.329 e. The van der Waals surface area contributed by atoms with Crippen molar-refractivity contribution in [3.8, 4) is 12.3 Å². The average Bonchev–Trinajstić information content (AvgIpc) is 2.28. The van der Waals surface area contributed by atoms with Crippen LogP contribution in [0.2, 0.25) is 0 Å². The standard InChI is InChI=1S/C13H25N3/c1-4-7-12(5-2)15-13(10-14)8-6-9-16(3)11-13/h2,12,15H,4,6-11,14H2,1,3H3. The normalized spacial score (nSPS) is 28.6. The van der Waals surface area contributed by atoms with Crippen LogP contribution in [0.4, 0.5) is 0 Å². The third-order valence-electron chi connectivity index (χ3n) is 3.42. The highest BCUT2D eigenvalue weighted by Gasteiger charge is 2.34. The molecule has 0 bridgehead atoms. The quantitative estimate of drug-likeness (QED) is 0.678. The maximum atomic E-state index is 5.94. The molecule has 3 heteroatoms. The highest BCUT2D eigenvalue weighted by molar-refractivity contribution is 5.05. The molecule has 0 aromatic carbocycles. The molecular weight excluding hydrogens is 198 g/mol. The van der Waals surface area contributed by atoms with E-state index >= 15 is 0 Å². The summed E-state index contributed by atoms with van der Waals surface area (Å²) >= 11 is 0. The fraction of sp³-hybridized carbons (Fsp3) is 0.846. The third kappa shape index (κ3) is 3.48. The van der Waals surface area contributed by atoms with E-state index in [0.717, 1.165) is 32.4 Å². The fourth-order valence-electron chi connectivity index (χ4n) is 2.56. The van der Waals surface area contributed by atoms with Gasteiger partial charge in [-0.25, -0.2) is 0 Å². The number of likely N-dealkylation sites (tertiary alicyclic amines) is 1. The summed E-state index contributed by atoms with van der Waals surface area (Å²) in [6, 6.07) is 0.167. The van der Waals surface area contributed by atoms with Gasteiger partial charge in [0.25, 0.3) is 0 Å². The first-order valence-electron chi connectivity index (χ1n) is 6.28. The van der Waals surface area contributed by atoms with Crippen molar-refractivity contribution in [2.24, 2.45) is 5.73 Å². The van der Waals surface area contributed by atoms with E-state index in [-0.39, 0.29) is 11.6 Å². The zero-order chi connectivity index (χ0) is 12.0. The van der Waals surface area contributed by atoms with Gasteiger partial charge in [0.2, 0.25) is 0 Å². The van der Waals surface area contributed by atoms with Gasteiger partial charge in [0.1, 0.15) is 0 Å². The van der Waals surface area contributed by atoms with Crippen LogP contribution in [0.3, 0.4) is 0 Å². The lowest BCUT2D eigenvalue weighted by Gasteiger charge is -2.43. The minimum Gasteiger partial charge on any atom is -0.329 e. The van der Waals surface area contributed by atoms with Gasteiger partial charge < -0.3 is 10.6 Å². The van der Waals surface area contributed by atoms with Gasteiger partial charge in [0, 0.05) is 18.6 Å². The molecule has 0 aromatic rings. The summed E-state index contributed by atoms with van der Waals surface area (Å²) in [6.07, 6.45) is 10.0. The molecule has 16 heavy (non-hydrogen) atoms. The number of piperidine rings is 1. The fourth-order valence-corrected chi connectivity index (χ4v) is 2.56. The van der Waals surface area contributed by atoms with Gasteiger partial charge in [0.05, 0.1) is 6.04 Å². The van der Waals surface area contributed by atoms with Gasteiger partial charge in [-0.2, -0.15) is 0 Å². The highest BCUT2D eigenvalue weighted by atomic mass is 15.2. The van der Waals surface area contributed by atoms with Crippen LogP contribution in [0.1, 0.15) is 32.6 Å². The summed E-state index contributed by atoms with van der Waals surface area (Å²) in [6.45, 7) is 5.00. The molecule has 0 spiro atoms. The number of nitrogens with one attached hydrogen (secondary N) is 1. The first kappa shape index (κ1) is 13.5. The SMILES string of the molecule is C#CC(CCC)NC1(CN)CCCN(C)C1.